The Morgan fingerprint density at radius 2 is 1.63 bits per heavy atom. The van der Waals surface area contributed by atoms with Crippen molar-refractivity contribution < 1.29 is 27.4 Å². The molecule has 0 saturated heterocycles. The Bertz CT molecular complexity index is 870. The topological polar surface area (TPSA) is 64.1 Å². The molecule has 2 rings (SSSR count). The number of halogens is 3. The van der Waals surface area contributed by atoms with Crippen molar-refractivity contribution in [3.8, 4) is 17.2 Å². The van der Waals surface area contributed by atoms with E-state index >= 15 is 0 Å². The lowest BCUT2D eigenvalue weighted by Gasteiger charge is -2.16. The average molecular weight is 425 g/mol. The van der Waals surface area contributed by atoms with E-state index in [2.05, 4.69) is 15.6 Å². The van der Waals surface area contributed by atoms with Crippen molar-refractivity contribution in [1.82, 2.24) is 10.6 Å². The molecule has 0 aromatic heterocycles. The number of aryl methyl sites for hydroxylation is 1. The minimum atomic E-state index is -4.41. The molecule has 0 aliphatic rings. The van der Waals surface area contributed by atoms with E-state index < -0.39 is 12.8 Å². The smallest absolute Gasteiger partial charge is 0.422 e. The van der Waals surface area contributed by atoms with Crippen LogP contribution in [-0.4, -0.2) is 40.0 Å². The van der Waals surface area contributed by atoms with Crippen LogP contribution in [-0.2, 0) is 13.1 Å². The number of ether oxygens (including phenoxy) is 3. The summed E-state index contributed by atoms with van der Waals surface area (Å²) in [6.45, 7) is 1.52. The summed E-state index contributed by atoms with van der Waals surface area (Å²) in [6, 6.07) is 10.7. The second-order valence-electron chi connectivity index (χ2n) is 6.48. The van der Waals surface area contributed by atoms with Crippen LogP contribution < -0.4 is 24.8 Å². The zero-order valence-electron chi connectivity index (χ0n) is 17.4. The second-order valence-corrected chi connectivity index (χ2v) is 6.48. The summed E-state index contributed by atoms with van der Waals surface area (Å²) in [7, 11) is 4.65. The van der Waals surface area contributed by atoms with Gasteiger partial charge >= 0.3 is 6.18 Å². The summed E-state index contributed by atoms with van der Waals surface area (Å²) >= 11 is 0. The molecule has 0 heterocycles. The molecule has 0 bridgehead atoms. The van der Waals surface area contributed by atoms with Crippen molar-refractivity contribution >= 4 is 5.96 Å². The van der Waals surface area contributed by atoms with Crippen LogP contribution in [0, 0.1) is 6.92 Å². The first-order valence-electron chi connectivity index (χ1n) is 9.20. The maximum atomic E-state index is 12.4. The molecule has 0 radical (unpaired) electrons. The van der Waals surface area contributed by atoms with E-state index in [1.807, 2.05) is 25.1 Å². The van der Waals surface area contributed by atoms with Gasteiger partial charge in [0.2, 0.25) is 0 Å². The van der Waals surface area contributed by atoms with E-state index in [0.717, 1.165) is 22.4 Å². The van der Waals surface area contributed by atoms with Crippen molar-refractivity contribution in [2.45, 2.75) is 26.2 Å². The monoisotopic (exact) mass is 425 g/mol. The molecule has 0 spiro atoms. The van der Waals surface area contributed by atoms with Gasteiger partial charge in [0, 0.05) is 25.7 Å². The van der Waals surface area contributed by atoms with Gasteiger partial charge in [-0.3, -0.25) is 4.99 Å². The highest BCUT2D eigenvalue weighted by Gasteiger charge is 2.29. The first-order chi connectivity index (χ1) is 14.3. The maximum Gasteiger partial charge on any atom is 0.422 e. The third kappa shape index (κ3) is 7.06. The van der Waals surface area contributed by atoms with Crippen LogP contribution in [0.15, 0.2) is 41.4 Å². The van der Waals surface area contributed by atoms with Crippen LogP contribution >= 0.6 is 0 Å². The van der Waals surface area contributed by atoms with Crippen molar-refractivity contribution in [2.24, 2.45) is 4.99 Å². The van der Waals surface area contributed by atoms with Crippen LogP contribution in [0.1, 0.15) is 16.7 Å². The molecule has 30 heavy (non-hydrogen) atoms. The van der Waals surface area contributed by atoms with Gasteiger partial charge in [-0.15, -0.1) is 0 Å². The molecule has 164 valence electrons. The highest BCUT2D eigenvalue weighted by molar-refractivity contribution is 5.79. The van der Waals surface area contributed by atoms with Gasteiger partial charge in [-0.2, -0.15) is 13.2 Å². The Morgan fingerprint density at radius 1 is 0.933 bits per heavy atom. The number of hydrogen-bond donors (Lipinski definition) is 2. The molecular weight excluding hydrogens is 399 g/mol. The molecule has 0 fully saturated rings. The van der Waals surface area contributed by atoms with Crippen LogP contribution in [0.4, 0.5) is 13.2 Å². The third-order valence-corrected chi connectivity index (χ3v) is 4.19. The SMILES string of the molecule is CN=C(NCc1ccc(OCC(F)(F)F)c(OC)c1)NCc1ccc(C)cc1OC. The Kier molecular flexibility index (Phi) is 8.20. The van der Waals surface area contributed by atoms with Gasteiger partial charge in [0.15, 0.2) is 24.1 Å². The molecule has 0 unspecified atom stereocenters. The third-order valence-electron chi connectivity index (χ3n) is 4.19. The van der Waals surface area contributed by atoms with E-state index in [1.54, 1.807) is 26.3 Å². The maximum absolute atomic E-state index is 12.4. The van der Waals surface area contributed by atoms with E-state index in [9.17, 15) is 13.2 Å². The number of alkyl halides is 3. The van der Waals surface area contributed by atoms with Gasteiger partial charge in [-0.25, -0.2) is 0 Å². The molecule has 6 nitrogen and oxygen atoms in total. The molecule has 0 aliphatic heterocycles. The Hall–Kier alpha value is -3.10. The molecule has 9 heteroatoms. The van der Waals surface area contributed by atoms with Gasteiger partial charge in [0.1, 0.15) is 5.75 Å². The van der Waals surface area contributed by atoms with Crippen molar-refractivity contribution in [2.75, 3.05) is 27.9 Å². The molecule has 2 aromatic carbocycles. The normalized spacial score (nSPS) is 11.8. The Morgan fingerprint density at radius 3 is 2.27 bits per heavy atom. The number of methoxy groups -OCH3 is 2. The lowest BCUT2D eigenvalue weighted by atomic mass is 10.1. The van der Waals surface area contributed by atoms with Crippen molar-refractivity contribution in [3.63, 3.8) is 0 Å². The van der Waals surface area contributed by atoms with Crippen LogP contribution in [0.2, 0.25) is 0 Å². The highest BCUT2D eigenvalue weighted by atomic mass is 19.4. The van der Waals surface area contributed by atoms with Crippen molar-refractivity contribution in [3.05, 3.63) is 53.1 Å². The van der Waals surface area contributed by atoms with Crippen molar-refractivity contribution in [1.29, 1.82) is 0 Å². The number of guanidine groups is 1. The number of nitrogens with zero attached hydrogens (tertiary/aromatic N) is 1. The molecule has 0 amide bonds. The van der Waals surface area contributed by atoms with E-state index in [4.69, 9.17) is 14.2 Å². The molecule has 2 aromatic rings. The van der Waals surface area contributed by atoms with Gasteiger partial charge in [0.05, 0.1) is 14.2 Å². The summed E-state index contributed by atoms with van der Waals surface area (Å²) in [4.78, 5) is 4.18. The summed E-state index contributed by atoms with van der Waals surface area (Å²) in [5.41, 5.74) is 2.88. The summed E-state index contributed by atoms with van der Waals surface area (Å²) in [6.07, 6.45) is -4.41. The van der Waals surface area contributed by atoms with Gasteiger partial charge in [0.25, 0.3) is 0 Å². The Balaban J connectivity index is 1.96. The minimum Gasteiger partial charge on any atom is -0.496 e. The fourth-order valence-corrected chi connectivity index (χ4v) is 2.68. The first kappa shape index (κ1) is 23.2. The molecule has 0 saturated carbocycles. The predicted molar refractivity (Wildman–Crippen MR) is 109 cm³/mol. The second kappa shape index (κ2) is 10.6. The molecule has 0 aliphatic carbocycles. The lowest BCUT2D eigenvalue weighted by molar-refractivity contribution is -0.153. The molecule has 2 N–H and O–H groups in total. The average Bonchev–Trinajstić information content (AvgIpc) is 2.72. The minimum absolute atomic E-state index is 0.0348. The summed E-state index contributed by atoms with van der Waals surface area (Å²) in [5, 5.41) is 6.36. The van der Waals surface area contributed by atoms with Gasteiger partial charge in [-0.1, -0.05) is 18.2 Å². The largest absolute Gasteiger partial charge is 0.496 e. The fraction of sp³-hybridized carbons (Fsp3) is 0.381. The van der Waals surface area contributed by atoms with Gasteiger partial charge in [-0.05, 0) is 36.2 Å². The number of hydrogen-bond acceptors (Lipinski definition) is 4. The quantitative estimate of drug-likeness (QED) is 0.497. The summed E-state index contributed by atoms with van der Waals surface area (Å²) in [5.74, 6) is 1.62. The lowest BCUT2D eigenvalue weighted by Crippen LogP contribution is -2.36. The molecular formula is C21H26F3N3O3. The zero-order chi connectivity index (χ0) is 22.1. The number of nitrogens with one attached hydrogen (secondary N) is 2. The van der Waals surface area contributed by atoms with E-state index in [1.165, 1.54) is 13.2 Å². The van der Waals surface area contributed by atoms with E-state index in [-0.39, 0.29) is 11.5 Å². The summed E-state index contributed by atoms with van der Waals surface area (Å²) < 4.78 is 52.4. The number of aliphatic imine (C=N–C) groups is 1. The standard InChI is InChI=1S/C21H26F3N3O3/c1-14-5-7-16(18(9-14)28-3)12-27-20(25-2)26-11-15-6-8-17(19(10-15)29-4)30-13-21(22,23)24/h5-10H,11-13H2,1-4H3,(H2,25,26,27). The number of rotatable bonds is 8. The Labute approximate surface area is 174 Å². The van der Waals surface area contributed by atoms with Crippen LogP contribution in [0.25, 0.3) is 0 Å². The zero-order valence-corrected chi connectivity index (χ0v) is 17.4. The fourth-order valence-electron chi connectivity index (χ4n) is 2.68. The first-order valence-corrected chi connectivity index (χ1v) is 9.20. The van der Waals surface area contributed by atoms with Gasteiger partial charge < -0.3 is 24.8 Å². The number of benzene rings is 2. The van der Waals surface area contributed by atoms with Crippen LogP contribution in [0.3, 0.4) is 0 Å². The predicted octanol–water partition coefficient (Wildman–Crippen LogP) is 3.82. The molecule has 0 atom stereocenters. The highest BCUT2D eigenvalue weighted by Crippen LogP contribution is 2.29. The van der Waals surface area contributed by atoms with E-state index in [0.29, 0.717) is 19.0 Å². The van der Waals surface area contributed by atoms with Crippen LogP contribution in [0.5, 0.6) is 17.2 Å².